The van der Waals surface area contributed by atoms with Crippen LogP contribution in [0.1, 0.15) is 19.4 Å². The van der Waals surface area contributed by atoms with Gasteiger partial charge in [-0.15, -0.1) is 0 Å². The molecule has 0 aliphatic carbocycles. The summed E-state index contributed by atoms with van der Waals surface area (Å²) in [7, 11) is -0.330. The van der Waals surface area contributed by atoms with E-state index in [2.05, 4.69) is 55.5 Å². The van der Waals surface area contributed by atoms with E-state index >= 15 is 0 Å². The Balaban J connectivity index is 2.32. The molecule has 0 atom stereocenters. The molecular formula is C18H30N2O2Si. The first kappa shape index (κ1) is 18.4. The minimum absolute atomic E-state index is 0.672. The number of benzene rings is 1. The van der Waals surface area contributed by atoms with Crippen molar-refractivity contribution in [1.82, 2.24) is 9.80 Å². The van der Waals surface area contributed by atoms with Crippen molar-refractivity contribution in [3.63, 3.8) is 0 Å². The van der Waals surface area contributed by atoms with Crippen LogP contribution in [0.2, 0.25) is 0 Å². The maximum absolute atomic E-state index is 6.34. The number of likely N-dealkylation sites (N-methyl/N-ethyl adjacent to an activating group) is 1. The molecule has 0 saturated carbocycles. The van der Waals surface area contributed by atoms with Crippen LogP contribution in [0, 0.1) is 0 Å². The van der Waals surface area contributed by atoms with Gasteiger partial charge in [-0.1, -0.05) is 36.9 Å². The molecule has 0 N–H and O–H groups in total. The molecule has 2 rings (SSSR count). The molecule has 128 valence electrons. The van der Waals surface area contributed by atoms with E-state index in [0.717, 1.165) is 37.9 Å². The van der Waals surface area contributed by atoms with Crippen LogP contribution in [0.5, 0.6) is 0 Å². The maximum atomic E-state index is 6.34. The molecule has 1 aliphatic rings. The van der Waals surface area contributed by atoms with E-state index in [9.17, 15) is 0 Å². The molecule has 1 saturated heterocycles. The minimum Gasteiger partial charge on any atom is -0.391 e. The lowest BCUT2D eigenvalue weighted by Gasteiger charge is -2.39. The van der Waals surface area contributed by atoms with Crippen LogP contribution >= 0.6 is 0 Å². The molecule has 1 heterocycles. The van der Waals surface area contributed by atoms with Gasteiger partial charge in [0, 0.05) is 50.7 Å². The zero-order valence-corrected chi connectivity index (χ0v) is 15.8. The molecule has 0 unspecified atom stereocenters. The van der Waals surface area contributed by atoms with Gasteiger partial charge in [-0.3, -0.25) is 4.90 Å². The molecule has 0 aromatic heterocycles. The van der Waals surface area contributed by atoms with Crippen molar-refractivity contribution in [2.45, 2.75) is 13.8 Å². The van der Waals surface area contributed by atoms with Crippen molar-refractivity contribution in [3.8, 4) is 0 Å². The summed E-state index contributed by atoms with van der Waals surface area (Å²) in [6.07, 6.45) is 2.80. The van der Waals surface area contributed by atoms with Crippen LogP contribution in [0.3, 0.4) is 0 Å². The maximum Gasteiger partial charge on any atom is 0.387 e. The largest absolute Gasteiger partial charge is 0.391 e. The van der Waals surface area contributed by atoms with E-state index in [1.807, 2.05) is 12.1 Å². The lowest BCUT2D eigenvalue weighted by Crippen LogP contribution is -2.64. The van der Waals surface area contributed by atoms with E-state index < -0.39 is 8.56 Å². The lowest BCUT2D eigenvalue weighted by molar-refractivity contribution is 0.135. The predicted molar refractivity (Wildman–Crippen MR) is 99.1 cm³/mol. The Bertz CT molecular complexity index is 496. The highest BCUT2D eigenvalue weighted by Gasteiger charge is 2.43. The first-order valence-corrected chi connectivity index (χ1v) is 10.6. The fourth-order valence-corrected chi connectivity index (χ4v) is 6.72. The number of piperazine rings is 1. The SMILES string of the molecule is C=Cc1ccccc1[Si](CN1CCN(C)CC1)(OCC)OCC. The third kappa shape index (κ3) is 4.52. The van der Waals surface area contributed by atoms with E-state index in [-0.39, 0.29) is 0 Å². The molecule has 0 amide bonds. The topological polar surface area (TPSA) is 24.9 Å². The van der Waals surface area contributed by atoms with Crippen molar-refractivity contribution in [2.75, 3.05) is 52.6 Å². The van der Waals surface area contributed by atoms with Crippen LogP contribution in [-0.2, 0) is 8.85 Å². The Labute approximate surface area is 141 Å². The second-order valence-corrected chi connectivity index (χ2v) is 8.93. The van der Waals surface area contributed by atoms with Gasteiger partial charge in [-0.2, -0.15) is 0 Å². The van der Waals surface area contributed by atoms with Crippen LogP contribution < -0.4 is 5.19 Å². The van der Waals surface area contributed by atoms with Gasteiger partial charge in [0.05, 0.1) is 0 Å². The Morgan fingerprint density at radius 3 is 2.26 bits per heavy atom. The van der Waals surface area contributed by atoms with Crippen molar-refractivity contribution in [1.29, 1.82) is 0 Å². The number of hydrogen-bond acceptors (Lipinski definition) is 4. The molecule has 1 fully saturated rings. The first-order valence-electron chi connectivity index (χ1n) is 8.56. The number of nitrogens with zero attached hydrogens (tertiary/aromatic N) is 2. The van der Waals surface area contributed by atoms with E-state index in [0.29, 0.717) is 13.2 Å². The summed E-state index contributed by atoms with van der Waals surface area (Å²) in [5.41, 5.74) is 1.13. The average Bonchev–Trinajstić information content (AvgIpc) is 2.57. The molecule has 1 aliphatic heterocycles. The highest BCUT2D eigenvalue weighted by Crippen LogP contribution is 2.16. The minimum atomic E-state index is -2.51. The first-order chi connectivity index (χ1) is 11.1. The van der Waals surface area contributed by atoms with Crippen LogP contribution in [0.25, 0.3) is 6.08 Å². The van der Waals surface area contributed by atoms with Crippen LogP contribution in [0.15, 0.2) is 30.8 Å². The van der Waals surface area contributed by atoms with Gasteiger partial charge < -0.3 is 13.8 Å². The van der Waals surface area contributed by atoms with Gasteiger partial charge in [-0.05, 0) is 26.5 Å². The van der Waals surface area contributed by atoms with Crippen molar-refractivity contribution in [2.24, 2.45) is 0 Å². The quantitative estimate of drug-likeness (QED) is 0.677. The fraction of sp³-hybridized carbons (Fsp3) is 0.556. The van der Waals surface area contributed by atoms with Gasteiger partial charge in [0.15, 0.2) is 0 Å². The smallest absolute Gasteiger partial charge is 0.387 e. The molecule has 0 bridgehead atoms. The second kappa shape index (κ2) is 8.75. The summed E-state index contributed by atoms with van der Waals surface area (Å²) in [6, 6.07) is 8.39. The van der Waals surface area contributed by atoms with Crippen molar-refractivity contribution >= 4 is 19.8 Å². The third-order valence-corrected chi connectivity index (χ3v) is 8.02. The summed E-state index contributed by atoms with van der Waals surface area (Å²) >= 11 is 0. The van der Waals surface area contributed by atoms with Gasteiger partial charge in [0.25, 0.3) is 0 Å². The molecule has 5 heteroatoms. The molecule has 1 aromatic rings. The molecule has 1 aromatic carbocycles. The fourth-order valence-electron chi connectivity index (χ4n) is 3.16. The Morgan fingerprint density at radius 2 is 1.70 bits per heavy atom. The zero-order valence-electron chi connectivity index (χ0n) is 14.8. The lowest BCUT2D eigenvalue weighted by atomic mass is 10.2. The summed E-state index contributed by atoms with van der Waals surface area (Å²) in [5, 5.41) is 1.21. The monoisotopic (exact) mass is 334 g/mol. The Kier molecular flexibility index (Phi) is 6.99. The average molecular weight is 335 g/mol. The van der Waals surface area contributed by atoms with Crippen molar-refractivity contribution in [3.05, 3.63) is 36.4 Å². The van der Waals surface area contributed by atoms with Crippen LogP contribution in [0.4, 0.5) is 0 Å². The van der Waals surface area contributed by atoms with E-state index in [1.54, 1.807) is 0 Å². The van der Waals surface area contributed by atoms with Gasteiger partial charge in [0.1, 0.15) is 0 Å². The predicted octanol–water partition coefficient (Wildman–Crippen LogP) is 1.84. The van der Waals surface area contributed by atoms with Crippen molar-refractivity contribution < 1.29 is 8.85 Å². The summed E-state index contributed by atoms with van der Waals surface area (Å²) in [6.45, 7) is 13.8. The second-order valence-electron chi connectivity index (χ2n) is 5.99. The van der Waals surface area contributed by atoms with Gasteiger partial charge in [-0.25, -0.2) is 0 Å². The summed E-state index contributed by atoms with van der Waals surface area (Å²) in [5.74, 6) is 0. The van der Waals surface area contributed by atoms with Gasteiger partial charge >= 0.3 is 8.56 Å². The zero-order chi connectivity index (χ0) is 16.7. The molecular weight excluding hydrogens is 304 g/mol. The Morgan fingerprint density at radius 1 is 1.09 bits per heavy atom. The highest BCUT2D eigenvalue weighted by atomic mass is 28.4. The normalized spacial score (nSPS) is 17.3. The Hall–Kier alpha value is -0.983. The van der Waals surface area contributed by atoms with E-state index in [1.165, 1.54) is 5.19 Å². The van der Waals surface area contributed by atoms with Crippen LogP contribution in [-0.4, -0.2) is 71.0 Å². The number of hydrogen-bond donors (Lipinski definition) is 0. The summed E-state index contributed by atoms with van der Waals surface area (Å²) < 4.78 is 12.7. The molecule has 23 heavy (non-hydrogen) atoms. The molecule has 4 nitrogen and oxygen atoms in total. The molecule has 0 radical (unpaired) electrons. The standard InChI is InChI=1S/C18H30N2O2Si/c1-5-17-10-8-9-11-18(17)23(21-6-2,22-7-3)16-20-14-12-19(4)13-15-20/h5,8-11H,1,6-7,12-16H2,2-4H3. The highest BCUT2D eigenvalue weighted by molar-refractivity contribution is 6.81. The van der Waals surface area contributed by atoms with E-state index in [4.69, 9.17) is 8.85 Å². The van der Waals surface area contributed by atoms with Gasteiger partial charge in [0.2, 0.25) is 0 Å². The number of rotatable bonds is 8. The molecule has 0 spiro atoms. The summed E-state index contributed by atoms with van der Waals surface area (Å²) in [4.78, 5) is 4.87. The third-order valence-electron chi connectivity index (χ3n) is 4.37.